The van der Waals surface area contributed by atoms with Gasteiger partial charge in [0.2, 0.25) is 0 Å². The predicted molar refractivity (Wildman–Crippen MR) is 95.1 cm³/mol. The number of esters is 1. The minimum Gasteiger partial charge on any atom is -0.460 e. The normalized spacial score (nSPS) is 10.8. The topological polar surface area (TPSA) is 67.4 Å². The Morgan fingerprint density at radius 1 is 0.875 bits per heavy atom. The zero-order valence-electron chi connectivity index (χ0n) is 14.1. The fourth-order valence-corrected chi connectivity index (χ4v) is 2.07. The van der Waals surface area contributed by atoms with Crippen LogP contribution < -0.4 is 10.6 Å². The molecule has 0 aliphatic rings. The van der Waals surface area contributed by atoms with Gasteiger partial charge in [-0.2, -0.15) is 0 Å². The second kappa shape index (κ2) is 7.64. The number of anilines is 2. The largest absolute Gasteiger partial charge is 0.460 e. The van der Waals surface area contributed by atoms with Gasteiger partial charge in [0, 0.05) is 11.4 Å². The highest BCUT2D eigenvalue weighted by atomic mass is 16.6. The molecular weight excluding hydrogens is 304 g/mol. The Hall–Kier alpha value is -2.82. The van der Waals surface area contributed by atoms with Gasteiger partial charge in [-0.15, -0.1) is 0 Å². The quantitative estimate of drug-likeness (QED) is 0.827. The molecule has 2 aromatic rings. The summed E-state index contributed by atoms with van der Waals surface area (Å²) in [6, 6.07) is 16.0. The van der Waals surface area contributed by atoms with E-state index in [0.29, 0.717) is 5.69 Å². The number of nitrogens with one attached hydrogen (secondary N) is 2. The molecule has 0 radical (unpaired) electrons. The Bertz CT molecular complexity index is 689. The molecule has 2 amide bonds. The molecule has 0 aromatic heterocycles. The van der Waals surface area contributed by atoms with Crippen LogP contribution in [-0.2, 0) is 16.0 Å². The number of urea groups is 1. The van der Waals surface area contributed by atoms with Crippen molar-refractivity contribution in [3.63, 3.8) is 0 Å². The lowest BCUT2D eigenvalue weighted by Gasteiger charge is -2.19. The van der Waals surface area contributed by atoms with E-state index >= 15 is 0 Å². The van der Waals surface area contributed by atoms with Crippen LogP contribution in [-0.4, -0.2) is 17.6 Å². The Balaban J connectivity index is 1.87. The number of carbonyl (C=O) groups excluding carboxylic acids is 2. The van der Waals surface area contributed by atoms with E-state index in [4.69, 9.17) is 4.74 Å². The van der Waals surface area contributed by atoms with E-state index in [9.17, 15) is 9.59 Å². The van der Waals surface area contributed by atoms with E-state index in [2.05, 4.69) is 10.6 Å². The van der Waals surface area contributed by atoms with Crippen molar-refractivity contribution >= 4 is 23.4 Å². The summed E-state index contributed by atoms with van der Waals surface area (Å²) in [7, 11) is 0. The maximum atomic E-state index is 11.9. The average molecular weight is 326 g/mol. The molecule has 2 N–H and O–H groups in total. The van der Waals surface area contributed by atoms with Crippen LogP contribution in [0.25, 0.3) is 0 Å². The van der Waals surface area contributed by atoms with E-state index in [1.807, 2.05) is 51.1 Å². The maximum Gasteiger partial charge on any atom is 0.323 e. The molecule has 126 valence electrons. The molecule has 0 unspecified atom stereocenters. The molecule has 0 aliphatic carbocycles. The highest BCUT2D eigenvalue weighted by Crippen LogP contribution is 2.14. The van der Waals surface area contributed by atoms with Gasteiger partial charge in [0.1, 0.15) is 5.60 Å². The predicted octanol–water partition coefficient (Wildman–Crippen LogP) is 4.21. The van der Waals surface area contributed by atoms with Gasteiger partial charge < -0.3 is 15.4 Å². The first kappa shape index (κ1) is 17.5. The molecule has 0 aliphatic heterocycles. The summed E-state index contributed by atoms with van der Waals surface area (Å²) in [5.74, 6) is -0.273. The highest BCUT2D eigenvalue weighted by Gasteiger charge is 2.16. The SMILES string of the molecule is CC(C)(C)OC(=O)Cc1ccc(NC(=O)Nc2ccccc2)cc1. The summed E-state index contributed by atoms with van der Waals surface area (Å²) < 4.78 is 5.28. The minimum atomic E-state index is -0.492. The standard InChI is InChI=1S/C19H22N2O3/c1-19(2,3)24-17(22)13-14-9-11-16(12-10-14)21-18(23)20-15-7-5-4-6-8-15/h4-12H,13H2,1-3H3,(H2,20,21,23). The van der Waals surface area contributed by atoms with Gasteiger partial charge in [0.25, 0.3) is 0 Å². The molecule has 0 saturated heterocycles. The van der Waals surface area contributed by atoms with Crippen LogP contribution in [0.2, 0.25) is 0 Å². The Morgan fingerprint density at radius 2 is 1.42 bits per heavy atom. The summed E-state index contributed by atoms with van der Waals surface area (Å²) >= 11 is 0. The average Bonchev–Trinajstić information content (AvgIpc) is 2.48. The highest BCUT2D eigenvalue weighted by molar-refractivity contribution is 5.99. The molecule has 0 atom stereocenters. The smallest absolute Gasteiger partial charge is 0.323 e. The van der Waals surface area contributed by atoms with Crippen molar-refractivity contribution in [3.05, 3.63) is 60.2 Å². The monoisotopic (exact) mass is 326 g/mol. The van der Waals surface area contributed by atoms with Crippen LogP contribution in [0.3, 0.4) is 0 Å². The molecule has 0 spiro atoms. The van der Waals surface area contributed by atoms with Crippen molar-refractivity contribution in [2.75, 3.05) is 10.6 Å². The van der Waals surface area contributed by atoms with Gasteiger partial charge in [0.05, 0.1) is 6.42 Å². The van der Waals surface area contributed by atoms with Gasteiger partial charge in [-0.25, -0.2) is 4.79 Å². The maximum absolute atomic E-state index is 11.9. The number of para-hydroxylation sites is 1. The van der Waals surface area contributed by atoms with Gasteiger partial charge >= 0.3 is 12.0 Å². The molecular formula is C19H22N2O3. The van der Waals surface area contributed by atoms with Crippen LogP contribution in [0.1, 0.15) is 26.3 Å². The number of benzene rings is 2. The number of carbonyl (C=O) groups is 2. The summed E-state index contributed by atoms with van der Waals surface area (Å²) in [4.78, 5) is 23.7. The number of ether oxygens (including phenoxy) is 1. The third-order valence-corrected chi connectivity index (χ3v) is 3.01. The molecule has 0 fully saturated rings. The summed E-state index contributed by atoms with van der Waals surface area (Å²) in [5, 5.41) is 5.48. The number of rotatable bonds is 4. The summed E-state index contributed by atoms with van der Waals surface area (Å²) in [6.45, 7) is 5.51. The van der Waals surface area contributed by atoms with Gasteiger partial charge in [0.15, 0.2) is 0 Å². The van der Waals surface area contributed by atoms with Crippen LogP contribution in [0.5, 0.6) is 0 Å². The molecule has 5 heteroatoms. The minimum absolute atomic E-state index is 0.202. The van der Waals surface area contributed by atoms with Crippen LogP contribution in [0.15, 0.2) is 54.6 Å². The fourth-order valence-electron chi connectivity index (χ4n) is 2.07. The first-order chi connectivity index (χ1) is 11.3. The molecule has 2 aromatic carbocycles. The van der Waals surface area contributed by atoms with Crippen molar-refractivity contribution in [2.24, 2.45) is 0 Å². The molecule has 24 heavy (non-hydrogen) atoms. The van der Waals surface area contributed by atoms with E-state index in [1.54, 1.807) is 24.3 Å². The first-order valence-corrected chi connectivity index (χ1v) is 7.76. The summed E-state index contributed by atoms with van der Waals surface area (Å²) in [6.07, 6.45) is 0.202. The summed E-state index contributed by atoms with van der Waals surface area (Å²) in [5.41, 5.74) is 1.71. The van der Waals surface area contributed by atoms with E-state index < -0.39 is 5.60 Å². The number of hydrogen-bond acceptors (Lipinski definition) is 3. The fraction of sp³-hybridized carbons (Fsp3) is 0.263. The van der Waals surface area contributed by atoms with Crippen LogP contribution in [0.4, 0.5) is 16.2 Å². The van der Waals surface area contributed by atoms with Gasteiger partial charge in [-0.05, 0) is 50.6 Å². The Morgan fingerprint density at radius 3 is 1.96 bits per heavy atom. The van der Waals surface area contributed by atoms with Gasteiger partial charge in [-0.1, -0.05) is 30.3 Å². The zero-order valence-corrected chi connectivity index (χ0v) is 14.1. The van der Waals surface area contributed by atoms with Crippen molar-refractivity contribution in [1.82, 2.24) is 0 Å². The van der Waals surface area contributed by atoms with Crippen molar-refractivity contribution in [3.8, 4) is 0 Å². The third-order valence-electron chi connectivity index (χ3n) is 3.01. The van der Waals surface area contributed by atoms with E-state index in [0.717, 1.165) is 11.3 Å². The van der Waals surface area contributed by atoms with E-state index in [-0.39, 0.29) is 18.4 Å². The zero-order chi connectivity index (χ0) is 17.6. The van der Waals surface area contributed by atoms with Gasteiger partial charge in [-0.3, -0.25) is 4.79 Å². The molecule has 0 bridgehead atoms. The van der Waals surface area contributed by atoms with Crippen molar-refractivity contribution < 1.29 is 14.3 Å². The van der Waals surface area contributed by atoms with Crippen molar-refractivity contribution in [1.29, 1.82) is 0 Å². The second-order valence-corrected chi connectivity index (χ2v) is 6.41. The lowest BCUT2D eigenvalue weighted by Crippen LogP contribution is -2.24. The van der Waals surface area contributed by atoms with Crippen molar-refractivity contribution in [2.45, 2.75) is 32.8 Å². The Labute approximate surface area is 142 Å². The lowest BCUT2D eigenvalue weighted by atomic mass is 10.1. The number of hydrogen-bond donors (Lipinski definition) is 2. The first-order valence-electron chi connectivity index (χ1n) is 7.76. The molecule has 0 saturated carbocycles. The molecule has 5 nitrogen and oxygen atoms in total. The molecule has 2 rings (SSSR count). The lowest BCUT2D eigenvalue weighted by molar-refractivity contribution is -0.153. The third kappa shape index (κ3) is 6.12. The van der Waals surface area contributed by atoms with Crippen LogP contribution >= 0.6 is 0 Å². The molecule has 0 heterocycles. The second-order valence-electron chi connectivity index (χ2n) is 6.41. The Kier molecular flexibility index (Phi) is 5.58. The van der Waals surface area contributed by atoms with Crippen LogP contribution in [0, 0.1) is 0 Å². The van der Waals surface area contributed by atoms with E-state index in [1.165, 1.54) is 0 Å². The number of amides is 2.